The van der Waals surface area contributed by atoms with E-state index in [2.05, 4.69) is 10.5 Å². The van der Waals surface area contributed by atoms with Crippen LogP contribution in [-0.4, -0.2) is 36.2 Å². The molecule has 26 heavy (non-hydrogen) atoms. The van der Waals surface area contributed by atoms with Gasteiger partial charge in [0.25, 0.3) is 5.91 Å². The number of aryl methyl sites for hydroxylation is 1. The molecular formula is C16H14FN3O5S. The van der Waals surface area contributed by atoms with Crippen molar-refractivity contribution in [3.8, 4) is 0 Å². The lowest BCUT2D eigenvalue weighted by Crippen LogP contribution is -2.48. The van der Waals surface area contributed by atoms with Crippen LogP contribution < -0.4 is 5.32 Å². The molecule has 0 bridgehead atoms. The molecule has 0 saturated carbocycles. The summed E-state index contributed by atoms with van der Waals surface area (Å²) in [6.07, 6.45) is -0.164. The normalized spacial score (nSPS) is 24.0. The van der Waals surface area contributed by atoms with Gasteiger partial charge in [-0.2, -0.15) is 0 Å². The van der Waals surface area contributed by atoms with Crippen LogP contribution in [-0.2, 0) is 26.7 Å². The van der Waals surface area contributed by atoms with Crippen molar-refractivity contribution in [2.75, 3.05) is 5.75 Å². The number of urea groups is 1. The summed E-state index contributed by atoms with van der Waals surface area (Å²) in [6.45, 7) is 1.55. The molecule has 2 aliphatic rings. The Bertz CT molecular complexity index is 1050. The van der Waals surface area contributed by atoms with Gasteiger partial charge in [0.15, 0.2) is 15.6 Å². The molecule has 4 rings (SSSR count). The number of hydrogen-bond acceptors (Lipinski definition) is 6. The summed E-state index contributed by atoms with van der Waals surface area (Å²) < 4.78 is 43.4. The van der Waals surface area contributed by atoms with E-state index < -0.39 is 33.1 Å². The number of fused-ring (bicyclic) bond motifs is 2. The highest BCUT2D eigenvalue weighted by molar-refractivity contribution is 7.91. The van der Waals surface area contributed by atoms with Crippen molar-refractivity contribution in [1.29, 1.82) is 0 Å². The van der Waals surface area contributed by atoms with Crippen LogP contribution in [0.4, 0.5) is 9.18 Å². The Labute approximate surface area is 147 Å². The van der Waals surface area contributed by atoms with Crippen LogP contribution in [0.15, 0.2) is 33.7 Å². The van der Waals surface area contributed by atoms with Crippen molar-refractivity contribution in [1.82, 2.24) is 15.4 Å². The molecular weight excluding hydrogens is 365 g/mol. The van der Waals surface area contributed by atoms with Gasteiger partial charge in [0.05, 0.1) is 22.9 Å². The van der Waals surface area contributed by atoms with Gasteiger partial charge >= 0.3 is 6.03 Å². The van der Waals surface area contributed by atoms with Crippen LogP contribution in [0.25, 0.3) is 0 Å². The predicted molar refractivity (Wildman–Crippen MR) is 85.1 cm³/mol. The lowest BCUT2D eigenvalue weighted by molar-refractivity contribution is -0.132. The first-order valence-corrected chi connectivity index (χ1v) is 9.47. The fourth-order valence-corrected chi connectivity index (χ4v) is 5.05. The maximum Gasteiger partial charge on any atom is 0.325 e. The van der Waals surface area contributed by atoms with Crippen LogP contribution in [0.3, 0.4) is 0 Å². The number of halogens is 1. The number of amides is 3. The molecule has 1 aromatic carbocycles. The second-order valence-electron chi connectivity index (χ2n) is 6.37. The van der Waals surface area contributed by atoms with Gasteiger partial charge in [-0.3, -0.25) is 9.69 Å². The first-order valence-electron chi connectivity index (χ1n) is 7.82. The topological polar surface area (TPSA) is 110 Å². The smallest absolute Gasteiger partial charge is 0.325 e. The molecule has 1 spiro atoms. The first kappa shape index (κ1) is 16.7. The molecule has 2 aliphatic heterocycles. The van der Waals surface area contributed by atoms with Gasteiger partial charge in [0, 0.05) is 11.6 Å². The van der Waals surface area contributed by atoms with Crippen molar-refractivity contribution >= 4 is 21.8 Å². The third-order valence-electron chi connectivity index (χ3n) is 4.65. The second kappa shape index (κ2) is 5.37. The summed E-state index contributed by atoms with van der Waals surface area (Å²) in [5.41, 5.74) is -1.05. The highest BCUT2D eigenvalue weighted by atomic mass is 32.2. The number of rotatable bonds is 2. The number of imide groups is 1. The Morgan fingerprint density at radius 1 is 1.35 bits per heavy atom. The summed E-state index contributed by atoms with van der Waals surface area (Å²) in [5, 5.41) is 6.27. The minimum absolute atomic E-state index is 0.0432. The standard InChI is InChI=1S/C16H14FN3O5S/c1-9-6-11(25-19-9)8-20-14(21)16(18-15(20)22)4-5-26(23,24)13-3-2-10(17)7-12(13)16/h2-3,6-7H,4-5,8H2,1H3,(H,18,22)/t16-/m0/s1. The van der Waals surface area contributed by atoms with Gasteiger partial charge in [-0.05, 0) is 31.5 Å². The molecule has 1 fully saturated rings. The van der Waals surface area contributed by atoms with E-state index in [0.717, 1.165) is 23.1 Å². The molecule has 1 N–H and O–H groups in total. The van der Waals surface area contributed by atoms with Crippen molar-refractivity contribution < 1.29 is 26.9 Å². The van der Waals surface area contributed by atoms with E-state index in [-0.39, 0.29) is 29.2 Å². The molecule has 0 unspecified atom stereocenters. The van der Waals surface area contributed by atoms with Gasteiger partial charge in [0.2, 0.25) is 0 Å². The minimum Gasteiger partial charge on any atom is -0.359 e. The molecule has 0 aliphatic carbocycles. The number of benzene rings is 1. The maximum atomic E-state index is 13.8. The Kier molecular flexibility index (Phi) is 3.45. The third-order valence-corrected chi connectivity index (χ3v) is 6.42. The van der Waals surface area contributed by atoms with Crippen molar-refractivity contribution in [3.63, 3.8) is 0 Å². The van der Waals surface area contributed by atoms with Gasteiger partial charge in [-0.1, -0.05) is 5.16 Å². The quantitative estimate of drug-likeness (QED) is 0.621. The van der Waals surface area contributed by atoms with Crippen LogP contribution in [0.5, 0.6) is 0 Å². The average Bonchev–Trinajstić information content (AvgIpc) is 3.09. The summed E-state index contributed by atoms with van der Waals surface area (Å²) in [6, 6.07) is 4.03. The SMILES string of the molecule is Cc1cc(CN2C(=O)N[C@]3(CCS(=O)(=O)c4ccc(F)cc43)C2=O)on1. The van der Waals surface area contributed by atoms with Crippen molar-refractivity contribution in [3.05, 3.63) is 47.1 Å². The number of carbonyl (C=O) groups excluding carboxylic acids is 2. The van der Waals surface area contributed by atoms with Crippen LogP contribution in [0.2, 0.25) is 0 Å². The van der Waals surface area contributed by atoms with E-state index in [1.165, 1.54) is 0 Å². The number of nitrogens with zero attached hydrogens (tertiary/aromatic N) is 2. The zero-order chi connectivity index (χ0) is 18.7. The molecule has 10 heteroatoms. The van der Waals surface area contributed by atoms with E-state index in [4.69, 9.17) is 4.52 Å². The first-order chi connectivity index (χ1) is 12.2. The summed E-state index contributed by atoms with van der Waals surface area (Å²) in [4.78, 5) is 26.2. The molecule has 2 aromatic rings. The Morgan fingerprint density at radius 2 is 2.12 bits per heavy atom. The molecule has 0 radical (unpaired) electrons. The Morgan fingerprint density at radius 3 is 2.81 bits per heavy atom. The molecule has 1 aromatic heterocycles. The van der Waals surface area contributed by atoms with Gasteiger partial charge in [-0.25, -0.2) is 17.6 Å². The van der Waals surface area contributed by atoms with Gasteiger partial charge < -0.3 is 9.84 Å². The molecule has 1 atom stereocenters. The van der Waals surface area contributed by atoms with E-state index in [0.29, 0.717) is 11.5 Å². The zero-order valence-corrected chi connectivity index (χ0v) is 14.5. The highest BCUT2D eigenvalue weighted by Crippen LogP contribution is 2.41. The number of nitrogens with one attached hydrogen (secondary N) is 1. The molecule has 1 saturated heterocycles. The molecule has 8 nitrogen and oxygen atoms in total. The molecule has 3 amide bonds. The molecule has 136 valence electrons. The lowest BCUT2D eigenvalue weighted by atomic mass is 9.86. The largest absolute Gasteiger partial charge is 0.359 e. The Balaban J connectivity index is 1.79. The van der Waals surface area contributed by atoms with Crippen molar-refractivity contribution in [2.24, 2.45) is 0 Å². The fraction of sp³-hybridized carbons (Fsp3) is 0.312. The van der Waals surface area contributed by atoms with Crippen LogP contribution in [0.1, 0.15) is 23.4 Å². The van der Waals surface area contributed by atoms with Crippen LogP contribution in [0, 0.1) is 12.7 Å². The van der Waals surface area contributed by atoms with E-state index >= 15 is 0 Å². The predicted octanol–water partition coefficient (Wildman–Crippen LogP) is 1.25. The van der Waals surface area contributed by atoms with E-state index in [1.54, 1.807) is 13.0 Å². The number of hydrogen-bond donors (Lipinski definition) is 1. The third kappa shape index (κ3) is 2.32. The summed E-state index contributed by atoms with van der Waals surface area (Å²) >= 11 is 0. The second-order valence-corrected chi connectivity index (χ2v) is 8.45. The number of aromatic nitrogens is 1. The van der Waals surface area contributed by atoms with Gasteiger partial charge in [-0.15, -0.1) is 0 Å². The maximum absolute atomic E-state index is 13.8. The highest BCUT2D eigenvalue weighted by Gasteiger charge is 2.56. The monoisotopic (exact) mass is 379 g/mol. The summed E-state index contributed by atoms with van der Waals surface area (Å²) in [5.74, 6) is -1.34. The zero-order valence-electron chi connectivity index (χ0n) is 13.7. The average molecular weight is 379 g/mol. The van der Waals surface area contributed by atoms with Crippen LogP contribution >= 0.6 is 0 Å². The molecule has 3 heterocycles. The lowest BCUT2D eigenvalue weighted by Gasteiger charge is -2.32. The summed E-state index contributed by atoms with van der Waals surface area (Å²) in [7, 11) is -3.65. The van der Waals surface area contributed by atoms with E-state index in [9.17, 15) is 22.4 Å². The van der Waals surface area contributed by atoms with Crippen molar-refractivity contribution in [2.45, 2.75) is 30.3 Å². The minimum atomic E-state index is -3.65. The Hall–Kier alpha value is -2.75. The fourth-order valence-electron chi connectivity index (χ4n) is 3.41. The van der Waals surface area contributed by atoms with Gasteiger partial charge in [0.1, 0.15) is 11.4 Å². The number of carbonyl (C=O) groups is 2. The number of sulfone groups is 1. The van der Waals surface area contributed by atoms with E-state index in [1.807, 2.05) is 0 Å².